The number of fused-ring (bicyclic) bond motifs is 2. The van der Waals surface area contributed by atoms with E-state index in [9.17, 15) is 0 Å². The molecule has 0 saturated heterocycles. The summed E-state index contributed by atoms with van der Waals surface area (Å²) in [5.41, 5.74) is 1.06. The summed E-state index contributed by atoms with van der Waals surface area (Å²) in [6.07, 6.45) is 4.99. The Bertz CT molecular complexity index is 153. The summed E-state index contributed by atoms with van der Waals surface area (Å²) in [6, 6.07) is 0. The molecule has 2 saturated carbocycles. The van der Waals surface area contributed by atoms with Crippen molar-refractivity contribution in [1.29, 1.82) is 0 Å². The zero-order chi connectivity index (χ0) is 6.27. The lowest BCUT2D eigenvalue weighted by molar-refractivity contribution is 0.313. The lowest BCUT2D eigenvalue weighted by Gasteiger charge is -2.08. The van der Waals surface area contributed by atoms with Gasteiger partial charge in [-0.25, -0.2) is 0 Å². The largest absolute Gasteiger partial charge is 0.411 e. The molecule has 2 aliphatic rings. The second-order valence-corrected chi connectivity index (χ2v) is 3.17. The standard InChI is InChI=1S/C7H11NO/c9-8-7-4-5-1-2-6(7)3-5/h5-6,9H,1-4H2/b8-7-/t5-,6+/m1/s1. The molecule has 0 amide bonds. The fourth-order valence-electron chi connectivity index (χ4n) is 2.15. The average Bonchev–Trinajstić information content (AvgIpc) is 2.45. The van der Waals surface area contributed by atoms with E-state index in [0.29, 0.717) is 5.92 Å². The molecule has 0 unspecified atom stereocenters. The van der Waals surface area contributed by atoms with Gasteiger partial charge < -0.3 is 5.21 Å². The van der Waals surface area contributed by atoms with Gasteiger partial charge in [0.05, 0.1) is 5.71 Å². The summed E-state index contributed by atoms with van der Waals surface area (Å²) in [6.45, 7) is 0. The summed E-state index contributed by atoms with van der Waals surface area (Å²) in [4.78, 5) is 0. The van der Waals surface area contributed by atoms with Crippen LogP contribution >= 0.6 is 0 Å². The van der Waals surface area contributed by atoms with Crippen molar-refractivity contribution in [2.45, 2.75) is 25.7 Å². The zero-order valence-corrected chi connectivity index (χ0v) is 5.38. The molecule has 0 spiro atoms. The van der Waals surface area contributed by atoms with Gasteiger partial charge in [0.2, 0.25) is 0 Å². The van der Waals surface area contributed by atoms with Gasteiger partial charge in [0.15, 0.2) is 0 Å². The van der Waals surface area contributed by atoms with Gasteiger partial charge >= 0.3 is 0 Å². The Morgan fingerprint density at radius 1 is 1.44 bits per heavy atom. The molecule has 0 aromatic rings. The van der Waals surface area contributed by atoms with Gasteiger partial charge in [-0.05, 0) is 31.6 Å². The minimum absolute atomic E-state index is 0.653. The Labute approximate surface area is 54.6 Å². The molecular formula is C7H11NO. The Morgan fingerprint density at radius 3 is 2.67 bits per heavy atom. The first-order chi connectivity index (χ1) is 4.40. The van der Waals surface area contributed by atoms with Gasteiger partial charge in [-0.2, -0.15) is 0 Å². The van der Waals surface area contributed by atoms with Crippen LogP contribution in [0, 0.1) is 11.8 Å². The third-order valence-corrected chi connectivity index (χ3v) is 2.64. The normalized spacial score (nSPS) is 44.7. The van der Waals surface area contributed by atoms with Crippen LogP contribution in [0.1, 0.15) is 25.7 Å². The van der Waals surface area contributed by atoms with Crippen molar-refractivity contribution in [1.82, 2.24) is 0 Å². The molecule has 2 aliphatic carbocycles. The molecule has 0 aliphatic heterocycles. The fraction of sp³-hybridized carbons (Fsp3) is 0.857. The maximum absolute atomic E-state index is 8.48. The molecule has 0 heterocycles. The van der Waals surface area contributed by atoms with E-state index in [4.69, 9.17) is 5.21 Å². The number of oxime groups is 1. The van der Waals surface area contributed by atoms with Crippen molar-refractivity contribution in [3.8, 4) is 0 Å². The van der Waals surface area contributed by atoms with Gasteiger partial charge in [-0.15, -0.1) is 0 Å². The highest BCUT2D eigenvalue weighted by Gasteiger charge is 2.36. The van der Waals surface area contributed by atoms with Gasteiger partial charge in [0.1, 0.15) is 0 Å². The highest BCUT2D eigenvalue weighted by Crippen LogP contribution is 2.42. The first kappa shape index (κ1) is 5.27. The van der Waals surface area contributed by atoms with Crippen molar-refractivity contribution in [3.63, 3.8) is 0 Å². The van der Waals surface area contributed by atoms with Crippen LogP contribution in [0.15, 0.2) is 5.16 Å². The van der Waals surface area contributed by atoms with Crippen molar-refractivity contribution in [2.24, 2.45) is 17.0 Å². The minimum atomic E-state index is 0.653. The summed E-state index contributed by atoms with van der Waals surface area (Å²) in [5.74, 6) is 1.51. The molecule has 2 rings (SSSR count). The molecular weight excluding hydrogens is 114 g/mol. The SMILES string of the molecule is O/N=C1/C[C@@H]2CC[C@H]1C2. The van der Waals surface area contributed by atoms with Gasteiger partial charge in [-0.3, -0.25) is 0 Å². The van der Waals surface area contributed by atoms with Crippen molar-refractivity contribution < 1.29 is 5.21 Å². The van der Waals surface area contributed by atoms with E-state index in [1.54, 1.807) is 0 Å². The summed E-state index contributed by atoms with van der Waals surface area (Å²) >= 11 is 0. The molecule has 9 heavy (non-hydrogen) atoms. The van der Waals surface area contributed by atoms with Crippen LogP contribution in [-0.4, -0.2) is 10.9 Å². The molecule has 2 nitrogen and oxygen atoms in total. The molecule has 50 valence electrons. The first-order valence-electron chi connectivity index (χ1n) is 3.61. The van der Waals surface area contributed by atoms with E-state index in [1.807, 2.05) is 0 Å². The van der Waals surface area contributed by atoms with Crippen LogP contribution < -0.4 is 0 Å². The fourth-order valence-corrected chi connectivity index (χ4v) is 2.15. The topological polar surface area (TPSA) is 32.6 Å². The highest BCUT2D eigenvalue weighted by molar-refractivity contribution is 5.89. The molecule has 2 fully saturated rings. The monoisotopic (exact) mass is 125 g/mol. The quantitative estimate of drug-likeness (QED) is 0.387. The van der Waals surface area contributed by atoms with Gasteiger partial charge in [0, 0.05) is 5.92 Å². The second kappa shape index (κ2) is 1.72. The van der Waals surface area contributed by atoms with Crippen LogP contribution in [0.5, 0.6) is 0 Å². The zero-order valence-electron chi connectivity index (χ0n) is 5.38. The van der Waals surface area contributed by atoms with Crippen LogP contribution in [0.2, 0.25) is 0 Å². The van der Waals surface area contributed by atoms with Crippen LogP contribution in [-0.2, 0) is 0 Å². The summed E-state index contributed by atoms with van der Waals surface area (Å²) < 4.78 is 0. The minimum Gasteiger partial charge on any atom is -0.411 e. The van der Waals surface area contributed by atoms with Crippen molar-refractivity contribution in [2.75, 3.05) is 0 Å². The molecule has 1 N–H and O–H groups in total. The van der Waals surface area contributed by atoms with E-state index in [-0.39, 0.29) is 0 Å². The van der Waals surface area contributed by atoms with Gasteiger partial charge in [0.25, 0.3) is 0 Å². The predicted octanol–water partition coefficient (Wildman–Crippen LogP) is 1.64. The molecule has 0 aromatic heterocycles. The number of nitrogens with zero attached hydrogens (tertiary/aromatic N) is 1. The second-order valence-electron chi connectivity index (χ2n) is 3.17. The van der Waals surface area contributed by atoms with Crippen molar-refractivity contribution in [3.05, 3.63) is 0 Å². The van der Waals surface area contributed by atoms with E-state index in [0.717, 1.165) is 18.1 Å². The lowest BCUT2D eigenvalue weighted by atomic mass is 9.99. The Kier molecular flexibility index (Phi) is 1.01. The number of hydrogen-bond donors (Lipinski definition) is 1. The third-order valence-electron chi connectivity index (χ3n) is 2.64. The highest BCUT2D eigenvalue weighted by atomic mass is 16.4. The van der Waals surface area contributed by atoms with E-state index < -0.39 is 0 Å². The summed E-state index contributed by atoms with van der Waals surface area (Å²) in [5, 5.41) is 11.8. The Balaban J connectivity index is 2.18. The third kappa shape index (κ3) is 0.655. The molecule has 2 bridgehead atoms. The van der Waals surface area contributed by atoms with Gasteiger partial charge in [-0.1, -0.05) is 5.16 Å². The Hall–Kier alpha value is -0.530. The number of rotatable bonds is 0. The number of hydrogen-bond acceptors (Lipinski definition) is 2. The average molecular weight is 125 g/mol. The maximum atomic E-state index is 8.48. The van der Waals surface area contributed by atoms with E-state index in [2.05, 4.69) is 5.16 Å². The first-order valence-corrected chi connectivity index (χ1v) is 3.61. The maximum Gasteiger partial charge on any atom is 0.0604 e. The molecule has 2 atom stereocenters. The Morgan fingerprint density at radius 2 is 2.33 bits per heavy atom. The van der Waals surface area contributed by atoms with Crippen LogP contribution in [0.25, 0.3) is 0 Å². The molecule has 0 aromatic carbocycles. The summed E-state index contributed by atoms with van der Waals surface area (Å²) in [7, 11) is 0. The predicted molar refractivity (Wildman–Crippen MR) is 34.7 cm³/mol. The van der Waals surface area contributed by atoms with Crippen molar-refractivity contribution >= 4 is 5.71 Å². The lowest BCUT2D eigenvalue weighted by Crippen LogP contribution is -2.08. The van der Waals surface area contributed by atoms with Crippen LogP contribution in [0.3, 0.4) is 0 Å². The smallest absolute Gasteiger partial charge is 0.0604 e. The molecule has 0 radical (unpaired) electrons. The van der Waals surface area contributed by atoms with E-state index in [1.165, 1.54) is 19.3 Å². The van der Waals surface area contributed by atoms with Crippen LogP contribution in [0.4, 0.5) is 0 Å². The van der Waals surface area contributed by atoms with E-state index >= 15 is 0 Å². The molecule has 2 heteroatoms.